The molecular weight excluding hydrogens is 250 g/mol. The van der Waals surface area contributed by atoms with Crippen molar-refractivity contribution in [2.75, 3.05) is 19.8 Å². The Hall–Kier alpha value is -1.36. The van der Waals surface area contributed by atoms with E-state index in [9.17, 15) is 0 Å². The Morgan fingerprint density at radius 2 is 2.39 bits per heavy atom. The van der Waals surface area contributed by atoms with Gasteiger partial charge >= 0.3 is 0 Å². The molecule has 0 aliphatic carbocycles. The summed E-state index contributed by atoms with van der Waals surface area (Å²) in [4.78, 5) is 4.42. The molecule has 1 unspecified atom stereocenters. The Balaban J connectivity index is 1.84. The summed E-state index contributed by atoms with van der Waals surface area (Å²) in [5.74, 6) is 0. The molecule has 1 saturated heterocycles. The predicted molar refractivity (Wildman–Crippen MR) is 70.1 cm³/mol. The third kappa shape index (κ3) is 2.41. The predicted octanol–water partition coefficient (Wildman–Crippen LogP) is 2.19. The van der Waals surface area contributed by atoms with Crippen molar-refractivity contribution < 1.29 is 4.74 Å². The van der Waals surface area contributed by atoms with E-state index in [1.54, 1.807) is 6.33 Å². The molecule has 1 atom stereocenters. The topological polar surface area (TPSA) is 39.1 Å². The van der Waals surface area contributed by atoms with Crippen LogP contribution in [0.1, 0.15) is 11.7 Å². The van der Waals surface area contributed by atoms with Gasteiger partial charge in [-0.1, -0.05) is 17.7 Å². The van der Waals surface area contributed by atoms with Gasteiger partial charge in [-0.25, -0.2) is 4.98 Å². The fraction of sp³-hybridized carbons (Fsp3) is 0.308. The average Bonchev–Trinajstić information content (AvgIpc) is 2.89. The summed E-state index contributed by atoms with van der Waals surface area (Å²) in [7, 11) is 0. The van der Waals surface area contributed by atoms with Crippen LogP contribution in [0, 0.1) is 0 Å². The molecule has 2 heterocycles. The van der Waals surface area contributed by atoms with Crippen LogP contribution in [0.25, 0.3) is 5.69 Å². The molecule has 1 N–H and O–H groups in total. The van der Waals surface area contributed by atoms with Gasteiger partial charge in [-0.05, 0) is 18.2 Å². The standard InChI is InChI=1S/C13H14ClN3O/c14-10-2-1-3-11(6-10)17-7-12(16-9-17)13-8-18-5-4-15-13/h1-3,6-7,9,13,15H,4-5,8H2. The van der Waals surface area contributed by atoms with Crippen molar-refractivity contribution >= 4 is 11.6 Å². The minimum Gasteiger partial charge on any atom is -0.378 e. The number of halogens is 1. The number of rotatable bonds is 2. The zero-order valence-electron chi connectivity index (χ0n) is 9.84. The molecule has 18 heavy (non-hydrogen) atoms. The molecule has 1 fully saturated rings. The molecule has 5 heteroatoms. The van der Waals surface area contributed by atoms with Gasteiger partial charge in [0.25, 0.3) is 0 Å². The van der Waals surface area contributed by atoms with Gasteiger partial charge in [0.05, 0.1) is 31.3 Å². The molecular formula is C13H14ClN3O. The van der Waals surface area contributed by atoms with Gasteiger partial charge in [0.1, 0.15) is 0 Å². The highest BCUT2D eigenvalue weighted by Crippen LogP contribution is 2.18. The molecule has 0 amide bonds. The molecule has 1 aliphatic rings. The number of nitrogens with one attached hydrogen (secondary N) is 1. The Kier molecular flexibility index (Phi) is 3.32. The van der Waals surface area contributed by atoms with E-state index in [-0.39, 0.29) is 6.04 Å². The summed E-state index contributed by atoms with van der Waals surface area (Å²) in [6, 6.07) is 7.89. The second-order valence-corrected chi connectivity index (χ2v) is 4.70. The molecule has 0 radical (unpaired) electrons. The fourth-order valence-electron chi connectivity index (χ4n) is 2.05. The van der Waals surface area contributed by atoms with Crippen LogP contribution in [0.3, 0.4) is 0 Å². The number of nitrogens with zero attached hydrogens (tertiary/aromatic N) is 2. The van der Waals surface area contributed by atoms with Crippen LogP contribution in [0.2, 0.25) is 5.02 Å². The van der Waals surface area contributed by atoms with Crippen LogP contribution in [-0.2, 0) is 4.74 Å². The van der Waals surface area contributed by atoms with Crippen LogP contribution < -0.4 is 5.32 Å². The van der Waals surface area contributed by atoms with Gasteiger partial charge in [0, 0.05) is 23.5 Å². The normalized spacial score (nSPS) is 19.9. The molecule has 1 aromatic carbocycles. The maximum atomic E-state index is 5.98. The van der Waals surface area contributed by atoms with Crippen molar-refractivity contribution in [3.8, 4) is 5.69 Å². The smallest absolute Gasteiger partial charge is 0.0995 e. The number of aromatic nitrogens is 2. The highest BCUT2D eigenvalue weighted by molar-refractivity contribution is 6.30. The highest BCUT2D eigenvalue weighted by atomic mass is 35.5. The van der Waals surface area contributed by atoms with Gasteiger partial charge in [-0.2, -0.15) is 0 Å². The lowest BCUT2D eigenvalue weighted by Gasteiger charge is -2.21. The van der Waals surface area contributed by atoms with E-state index in [1.165, 1.54) is 0 Å². The molecule has 0 bridgehead atoms. The van der Waals surface area contributed by atoms with E-state index in [1.807, 2.05) is 35.0 Å². The van der Waals surface area contributed by atoms with Crippen molar-refractivity contribution in [3.63, 3.8) is 0 Å². The summed E-state index contributed by atoms with van der Waals surface area (Å²) >= 11 is 5.98. The van der Waals surface area contributed by atoms with E-state index in [2.05, 4.69) is 10.3 Å². The van der Waals surface area contributed by atoms with Gasteiger partial charge in [-0.15, -0.1) is 0 Å². The van der Waals surface area contributed by atoms with Crippen molar-refractivity contribution in [1.29, 1.82) is 0 Å². The monoisotopic (exact) mass is 263 g/mol. The van der Waals surface area contributed by atoms with Crippen molar-refractivity contribution in [1.82, 2.24) is 14.9 Å². The van der Waals surface area contributed by atoms with Crippen molar-refractivity contribution in [2.24, 2.45) is 0 Å². The molecule has 1 aliphatic heterocycles. The first-order valence-corrected chi connectivity index (χ1v) is 6.32. The second-order valence-electron chi connectivity index (χ2n) is 4.27. The van der Waals surface area contributed by atoms with Crippen LogP contribution in [0.5, 0.6) is 0 Å². The first-order chi connectivity index (χ1) is 8.83. The lowest BCUT2D eigenvalue weighted by molar-refractivity contribution is 0.0757. The number of hydrogen-bond acceptors (Lipinski definition) is 3. The largest absolute Gasteiger partial charge is 0.378 e. The van der Waals surface area contributed by atoms with E-state index in [0.717, 1.165) is 29.6 Å². The van der Waals surface area contributed by atoms with E-state index < -0.39 is 0 Å². The molecule has 0 saturated carbocycles. The van der Waals surface area contributed by atoms with Crippen LogP contribution in [-0.4, -0.2) is 29.3 Å². The maximum absolute atomic E-state index is 5.98. The first kappa shape index (κ1) is 11.7. The Bertz CT molecular complexity index is 535. The minimum atomic E-state index is 0.180. The summed E-state index contributed by atoms with van der Waals surface area (Å²) in [5.41, 5.74) is 2.01. The maximum Gasteiger partial charge on any atom is 0.0995 e. The molecule has 94 valence electrons. The quantitative estimate of drug-likeness (QED) is 0.903. The van der Waals surface area contributed by atoms with Crippen LogP contribution in [0.15, 0.2) is 36.8 Å². The van der Waals surface area contributed by atoms with Gasteiger partial charge < -0.3 is 14.6 Å². The lowest BCUT2D eigenvalue weighted by Crippen LogP contribution is -2.34. The second kappa shape index (κ2) is 5.10. The third-order valence-electron chi connectivity index (χ3n) is 2.99. The number of hydrogen-bond donors (Lipinski definition) is 1. The Labute approximate surface area is 111 Å². The SMILES string of the molecule is Clc1cccc(-n2cnc(C3COCCN3)c2)c1. The average molecular weight is 264 g/mol. The molecule has 2 aromatic rings. The summed E-state index contributed by atoms with van der Waals surface area (Å²) in [6.45, 7) is 2.31. The Morgan fingerprint density at radius 1 is 1.44 bits per heavy atom. The van der Waals surface area contributed by atoms with Crippen LogP contribution >= 0.6 is 11.6 Å². The molecule has 0 spiro atoms. The van der Waals surface area contributed by atoms with E-state index in [0.29, 0.717) is 6.61 Å². The van der Waals surface area contributed by atoms with E-state index >= 15 is 0 Å². The minimum absolute atomic E-state index is 0.180. The summed E-state index contributed by atoms with van der Waals surface area (Å²) < 4.78 is 7.41. The zero-order valence-corrected chi connectivity index (χ0v) is 10.6. The molecule has 3 rings (SSSR count). The molecule has 4 nitrogen and oxygen atoms in total. The number of imidazole rings is 1. The third-order valence-corrected chi connectivity index (χ3v) is 3.22. The van der Waals surface area contributed by atoms with Gasteiger partial charge in [-0.3, -0.25) is 0 Å². The number of ether oxygens (including phenoxy) is 1. The number of benzene rings is 1. The van der Waals surface area contributed by atoms with Gasteiger partial charge in [0.2, 0.25) is 0 Å². The van der Waals surface area contributed by atoms with Crippen molar-refractivity contribution in [3.05, 3.63) is 47.5 Å². The summed E-state index contributed by atoms with van der Waals surface area (Å²) in [5, 5.41) is 4.11. The fourth-order valence-corrected chi connectivity index (χ4v) is 2.24. The van der Waals surface area contributed by atoms with Crippen LogP contribution in [0.4, 0.5) is 0 Å². The Morgan fingerprint density at radius 3 is 3.17 bits per heavy atom. The van der Waals surface area contributed by atoms with Gasteiger partial charge in [0.15, 0.2) is 0 Å². The zero-order chi connectivity index (χ0) is 12.4. The first-order valence-electron chi connectivity index (χ1n) is 5.94. The van der Waals surface area contributed by atoms with E-state index in [4.69, 9.17) is 16.3 Å². The summed E-state index contributed by atoms with van der Waals surface area (Å²) in [6.07, 6.45) is 3.81. The van der Waals surface area contributed by atoms with Crippen molar-refractivity contribution in [2.45, 2.75) is 6.04 Å². The highest BCUT2D eigenvalue weighted by Gasteiger charge is 2.17. The molecule has 1 aromatic heterocycles. The lowest BCUT2D eigenvalue weighted by atomic mass is 10.2. The number of morpholine rings is 1.